The second-order valence-electron chi connectivity index (χ2n) is 6.30. The molecule has 0 radical (unpaired) electrons. The molecule has 3 rings (SSSR count). The van der Waals surface area contributed by atoms with Gasteiger partial charge in [-0.15, -0.1) is 10.2 Å². The molecule has 0 aromatic carbocycles. The predicted octanol–water partition coefficient (Wildman–Crippen LogP) is 2.60. The molecule has 2 heterocycles. The molecule has 0 aliphatic heterocycles. The van der Waals surface area contributed by atoms with Gasteiger partial charge in [0, 0.05) is 38.3 Å². The van der Waals surface area contributed by atoms with E-state index in [0.717, 1.165) is 24.3 Å². The van der Waals surface area contributed by atoms with Crippen molar-refractivity contribution in [1.29, 1.82) is 0 Å². The van der Waals surface area contributed by atoms with E-state index in [-0.39, 0.29) is 5.91 Å². The molecule has 0 bridgehead atoms. The van der Waals surface area contributed by atoms with Crippen LogP contribution in [0.5, 0.6) is 0 Å². The molecule has 24 heavy (non-hydrogen) atoms. The number of amides is 1. The van der Waals surface area contributed by atoms with Crippen LogP contribution in [0.2, 0.25) is 0 Å². The fourth-order valence-corrected chi connectivity index (χ4v) is 3.65. The predicted molar refractivity (Wildman–Crippen MR) is 90.5 cm³/mol. The van der Waals surface area contributed by atoms with Gasteiger partial charge in [-0.25, -0.2) is 0 Å². The Bertz CT molecular complexity index is 678. The lowest BCUT2D eigenvalue weighted by atomic mass is 9.89. The van der Waals surface area contributed by atoms with Gasteiger partial charge in [0.2, 0.25) is 11.8 Å². The summed E-state index contributed by atoms with van der Waals surface area (Å²) in [6.45, 7) is 0.546. The molecule has 1 aliphatic rings. The number of aromatic nitrogens is 4. The standard InChI is InChI=1S/C16H23N5O2S/c1-20(9-12-8-17-21(2)10-12)14(22)11-24-16-19-18-15(23-16)13-6-4-3-5-7-13/h8,10,13H,3-7,9,11H2,1-2H3. The third kappa shape index (κ3) is 4.37. The van der Waals surface area contributed by atoms with Crippen LogP contribution >= 0.6 is 11.8 Å². The molecule has 0 atom stereocenters. The fraction of sp³-hybridized carbons (Fsp3) is 0.625. The van der Waals surface area contributed by atoms with Gasteiger partial charge in [-0.05, 0) is 12.8 Å². The van der Waals surface area contributed by atoms with Crippen molar-refractivity contribution in [1.82, 2.24) is 24.9 Å². The Morgan fingerprint density at radius 1 is 1.38 bits per heavy atom. The molecule has 1 saturated carbocycles. The van der Waals surface area contributed by atoms with Gasteiger partial charge in [0.05, 0.1) is 11.9 Å². The van der Waals surface area contributed by atoms with Crippen molar-refractivity contribution in [3.05, 3.63) is 23.8 Å². The maximum Gasteiger partial charge on any atom is 0.277 e. The Kier molecular flexibility index (Phi) is 5.55. The van der Waals surface area contributed by atoms with Crippen LogP contribution in [0.25, 0.3) is 0 Å². The number of rotatable bonds is 6. The summed E-state index contributed by atoms with van der Waals surface area (Å²) in [4.78, 5) is 13.9. The molecule has 1 aliphatic carbocycles. The minimum Gasteiger partial charge on any atom is -0.416 e. The van der Waals surface area contributed by atoms with Crippen LogP contribution in [0.4, 0.5) is 0 Å². The third-order valence-electron chi connectivity index (χ3n) is 4.30. The Hall–Kier alpha value is -1.83. The highest BCUT2D eigenvalue weighted by Crippen LogP contribution is 2.32. The average Bonchev–Trinajstić information content (AvgIpc) is 3.22. The van der Waals surface area contributed by atoms with Crippen LogP contribution < -0.4 is 0 Å². The zero-order chi connectivity index (χ0) is 16.9. The molecule has 1 fully saturated rings. The lowest BCUT2D eigenvalue weighted by Crippen LogP contribution is -2.27. The topological polar surface area (TPSA) is 77.1 Å². The summed E-state index contributed by atoms with van der Waals surface area (Å²) in [6, 6.07) is 0. The first-order chi connectivity index (χ1) is 11.6. The van der Waals surface area contributed by atoms with E-state index in [4.69, 9.17) is 4.42 Å². The van der Waals surface area contributed by atoms with Gasteiger partial charge in [-0.1, -0.05) is 31.0 Å². The molecular weight excluding hydrogens is 326 g/mol. The van der Waals surface area contributed by atoms with E-state index in [9.17, 15) is 4.79 Å². The van der Waals surface area contributed by atoms with Crippen molar-refractivity contribution in [2.45, 2.75) is 49.8 Å². The Balaban J connectivity index is 1.48. The Morgan fingerprint density at radius 2 is 2.17 bits per heavy atom. The fourth-order valence-electron chi connectivity index (χ4n) is 2.94. The van der Waals surface area contributed by atoms with Gasteiger partial charge >= 0.3 is 0 Å². The zero-order valence-corrected chi connectivity index (χ0v) is 15.0. The molecular formula is C16H23N5O2S. The van der Waals surface area contributed by atoms with Crippen molar-refractivity contribution in [3.63, 3.8) is 0 Å². The minimum atomic E-state index is 0.0290. The molecule has 0 saturated heterocycles. The van der Waals surface area contributed by atoms with Gasteiger partial charge in [0.25, 0.3) is 5.22 Å². The maximum atomic E-state index is 12.2. The number of carbonyl (C=O) groups is 1. The van der Waals surface area contributed by atoms with Crippen LogP contribution in [0.3, 0.4) is 0 Å². The SMILES string of the molecule is CN(Cc1cnn(C)c1)C(=O)CSc1nnc(C2CCCCC2)o1. The monoisotopic (exact) mass is 349 g/mol. The van der Waals surface area contributed by atoms with E-state index in [1.807, 2.05) is 13.2 Å². The maximum absolute atomic E-state index is 12.2. The second kappa shape index (κ2) is 7.83. The molecule has 2 aromatic rings. The molecule has 7 nitrogen and oxygen atoms in total. The van der Waals surface area contributed by atoms with Crippen LogP contribution in [0, 0.1) is 0 Å². The van der Waals surface area contributed by atoms with Crippen LogP contribution in [0.1, 0.15) is 49.5 Å². The molecule has 0 unspecified atom stereocenters. The van der Waals surface area contributed by atoms with Crippen molar-refractivity contribution in [2.75, 3.05) is 12.8 Å². The van der Waals surface area contributed by atoms with Crippen molar-refractivity contribution in [3.8, 4) is 0 Å². The van der Waals surface area contributed by atoms with E-state index in [0.29, 0.717) is 23.4 Å². The van der Waals surface area contributed by atoms with Crippen molar-refractivity contribution in [2.24, 2.45) is 7.05 Å². The summed E-state index contributed by atoms with van der Waals surface area (Å²) >= 11 is 1.31. The normalized spacial score (nSPS) is 15.6. The van der Waals surface area contributed by atoms with E-state index in [1.54, 1.807) is 22.8 Å². The number of thioether (sulfide) groups is 1. The smallest absolute Gasteiger partial charge is 0.277 e. The second-order valence-corrected chi connectivity index (χ2v) is 7.23. The number of hydrogen-bond donors (Lipinski definition) is 0. The molecule has 130 valence electrons. The Labute approximate surface area is 145 Å². The van der Waals surface area contributed by atoms with Gasteiger partial charge in [0.1, 0.15) is 0 Å². The van der Waals surface area contributed by atoms with Crippen molar-refractivity contribution >= 4 is 17.7 Å². The first kappa shape index (κ1) is 17.0. The highest BCUT2D eigenvalue weighted by molar-refractivity contribution is 7.99. The van der Waals surface area contributed by atoms with E-state index >= 15 is 0 Å². The molecule has 0 spiro atoms. The lowest BCUT2D eigenvalue weighted by Gasteiger charge is -2.17. The summed E-state index contributed by atoms with van der Waals surface area (Å²) in [7, 11) is 3.65. The minimum absolute atomic E-state index is 0.0290. The summed E-state index contributed by atoms with van der Waals surface area (Å²) in [5, 5.41) is 12.8. The van der Waals surface area contributed by atoms with Crippen LogP contribution in [0.15, 0.2) is 22.0 Å². The highest BCUT2D eigenvalue weighted by Gasteiger charge is 2.22. The van der Waals surface area contributed by atoms with E-state index in [1.165, 1.54) is 31.0 Å². The molecule has 8 heteroatoms. The van der Waals surface area contributed by atoms with E-state index < -0.39 is 0 Å². The summed E-state index contributed by atoms with van der Waals surface area (Å²) < 4.78 is 7.46. The van der Waals surface area contributed by atoms with Crippen molar-refractivity contribution < 1.29 is 9.21 Å². The summed E-state index contributed by atoms with van der Waals surface area (Å²) in [6.07, 6.45) is 9.68. The van der Waals surface area contributed by atoms with Crippen LogP contribution in [-0.4, -0.2) is 43.6 Å². The largest absolute Gasteiger partial charge is 0.416 e. The van der Waals surface area contributed by atoms with Gasteiger partial charge in [0.15, 0.2) is 0 Å². The molecule has 1 amide bonds. The van der Waals surface area contributed by atoms with E-state index in [2.05, 4.69) is 15.3 Å². The van der Waals surface area contributed by atoms with Crippen LogP contribution in [-0.2, 0) is 18.4 Å². The molecule has 0 N–H and O–H groups in total. The lowest BCUT2D eigenvalue weighted by molar-refractivity contribution is -0.127. The number of hydrogen-bond acceptors (Lipinski definition) is 6. The van der Waals surface area contributed by atoms with Gasteiger partial charge in [-0.3, -0.25) is 9.48 Å². The average molecular weight is 349 g/mol. The third-order valence-corrected chi connectivity index (χ3v) is 5.10. The number of nitrogens with zero attached hydrogens (tertiary/aromatic N) is 5. The summed E-state index contributed by atoms with van der Waals surface area (Å²) in [5.41, 5.74) is 1.01. The first-order valence-corrected chi connectivity index (χ1v) is 9.28. The van der Waals surface area contributed by atoms with Gasteiger partial charge < -0.3 is 9.32 Å². The first-order valence-electron chi connectivity index (χ1n) is 8.29. The number of carbonyl (C=O) groups excluding carboxylic acids is 1. The summed E-state index contributed by atoms with van der Waals surface area (Å²) in [5.74, 6) is 1.45. The zero-order valence-electron chi connectivity index (χ0n) is 14.1. The highest BCUT2D eigenvalue weighted by atomic mass is 32.2. The quantitative estimate of drug-likeness (QED) is 0.746. The molecule has 2 aromatic heterocycles. The van der Waals surface area contributed by atoms with Gasteiger partial charge in [-0.2, -0.15) is 5.10 Å². The number of aryl methyl sites for hydroxylation is 1. The Morgan fingerprint density at radius 3 is 2.88 bits per heavy atom.